The molecule has 0 fully saturated rings. The minimum atomic E-state index is 0.337. The van der Waals surface area contributed by atoms with Crippen molar-refractivity contribution >= 4 is 22.7 Å². The van der Waals surface area contributed by atoms with Crippen LogP contribution in [0.1, 0.15) is 5.56 Å². The molecule has 116 valence electrons. The Bertz CT molecular complexity index is 828. The van der Waals surface area contributed by atoms with Gasteiger partial charge < -0.3 is 15.8 Å². The van der Waals surface area contributed by atoms with E-state index in [1.54, 1.807) is 7.11 Å². The number of benzene rings is 2. The summed E-state index contributed by atoms with van der Waals surface area (Å²) in [5, 5.41) is 4.11. The van der Waals surface area contributed by atoms with Crippen molar-refractivity contribution in [1.82, 2.24) is 4.98 Å². The predicted octanol–water partition coefficient (Wildman–Crippen LogP) is 3.17. The van der Waals surface area contributed by atoms with Gasteiger partial charge in [-0.05, 0) is 35.9 Å². The lowest BCUT2D eigenvalue weighted by molar-refractivity contribution is 0.414. The van der Waals surface area contributed by atoms with Gasteiger partial charge in [0, 0.05) is 5.39 Å². The third kappa shape index (κ3) is 3.77. The van der Waals surface area contributed by atoms with E-state index in [1.165, 1.54) is 0 Å². The molecule has 0 saturated heterocycles. The molecular weight excluding hydrogens is 288 g/mol. The zero-order valence-electron chi connectivity index (χ0n) is 12.9. The number of nitrogens with two attached hydrogens (primary N) is 1. The van der Waals surface area contributed by atoms with Crippen molar-refractivity contribution in [1.29, 1.82) is 0 Å². The Morgan fingerprint density at radius 2 is 1.87 bits per heavy atom. The molecule has 0 bridgehead atoms. The first-order chi connectivity index (χ1) is 11.2. The van der Waals surface area contributed by atoms with E-state index in [2.05, 4.69) is 15.3 Å². The quantitative estimate of drug-likeness (QED) is 0.573. The molecule has 1 aromatic heterocycles. The van der Waals surface area contributed by atoms with Crippen molar-refractivity contribution in [3.63, 3.8) is 0 Å². The third-order valence-corrected chi connectivity index (χ3v) is 3.45. The Kier molecular flexibility index (Phi) is 4.38. The van der Waals surface area contributed by atoms with E-state index < -0.39 is 0 Å². The van der Waals surface area contributed by atoms with Crippen LogP contribution in [0.5, 0.6) is 5.75 Å². The van der Waals surface area contributed by atoms with Crippen LogP contribution >= 0.6 is 0 Å². The summed E-state index contributed by atoms with van der Waals surface area (Å²) in [4.78, 5) is 8.83. The molecule has 5 heteroatoms. The maximum atomic E-state index is 5.93. The average molecular weight is 306 g/mol. The Morgan fingerprint density at radius 3 is 2.65 bits per heavy atom. The van der Waals surface area contributed by atoms with Gasteiger partial charge in [-0.15, -0.1) is 0 Å². The molecular formula is C18H18N4O. The maximum absolute atomic E-state index is 5.93. The summed E-state index contributed by atoms with van der Waals surface area (Å²) in [6.07, 6.45) is 0. The number of nitrogens with one attached hydrogen (secondary N) is 1. The second kappa shape index (κ2) is 6.79. The standard InChI is InChI=1S/C18H18N4O/c1-23-15-9-6-13(7-10-15)12-20-18(19)22-17-11-8-14-4-2-3-5-16(14)21-17/h2-11H,12H2,1H3,(H3,19,20,21,22). The van der Waals surface area contributed by atoms with E-state index in [-0.39, 0.29) is 0 Å². The minimum absolute atomic E-state index is 0.337. The normalized spacial score (nSPS) is 11.4. The van der Waals surface area contributed by atoms with E-state index in [0.29, 0.717) is 18.3 Å². The number of fused-ring (bicyclic) bond motifs is 1. The highest BCUT2D eigenvalue weighted by Gasteiger charge is 2.00. The molecule has 0 atom stereocenters. The van der Waals surface area contributed by atoms with Gasteiger partial charge in [0.2, 0.25) is 0 Å². The summed E-state index contributed by atoms with van der Waals surface area (Å²) in [5.41, 5.74) is 7.90. The molecule has 0 aliphatic rings. The number of nitrogens with zero attached hydrogens (tertiary/aromatic N) is 2. The molecule has 3 N–H and O–H groups in total. The first-order valence-corrected chi connectivity index (χ1v) is 7.30. The summed E-state index contributed by atoms with van der Waals surface area (Å²) < 4.78 is 5.13. The SMILES string of the molecule is COc1ccc(CN=C(N)Nc2ccc3ccccc3n2)cc1. The number of methoxy groups -OCH3 is 1. The molecule has 0 unspecified atom stereocenters. The molecule has 0 spiro atoms. The molecule has 23 heavy (non-hydrogen) atoms. The number of rotatable bonds is 4. The van der Waals surface area contributed by atoms with Crippen LogP contribution in [0, 0.1) is 0 Å². The molecule has 3 rings (SSSR count). The monoisotopic (exact) mass is 306 g/mol. The highest BCUT2D eigenvalue weighted by molar-refractivity contribution is 5.92. The first kappa shape index (κ1) is 14.8. The first-order valence-electron chi connectivity index (χ1n) is 7.30. The van der Waals surface area contributed by atoms with E-state index in [9.17, 15) is 0 Å². The van der Waals surface area contributed by atoms with Gasteiger partial charge in [0.1, 0.15) is 11.6 Å². The number of para-hydroxylation sites is 1. The van der Waals surface area contributed by atoms with Crippen LogP contribution in [0.4, 0.5) is 5.82 Å². The Morgan fingerprint density at radius 1 is 1.09 bits per heavy atom. The molecule has 0 saturated carbocycles. The number of aromatic nitrogens is 1. The highest BCUT2D eigenvalue weighted by atomic mass is 16.5. The lowest BCUT2D eigenvalue weighted by Crippen LogP contribution is -2.23. The van der Waals surface area contributed by atoms with Gasteiger partial charge in [-0.1, -0.05) is 30.3 Å². The smallest absolute Gasteiger partial charge is 0.194 e. The molecule has 3 aromatic rings. The molecule has 1 heterocycles. The van der Waals surface area contributed by atoms with E-state index in [1.807, 2.05) is 60.7 Å². The molecule has 0 amide bonds. The van der Waals surface area contributed by atoms with Crippen molar-refractivity contribution in [3.05, 3.63) is 66.2 Å². The number of hydrogen-bond donors (Lipinski definition) is 2. The van der Waals surface area contributed by atoms with E-state index >= 15 is 0 Å². The summed E-state index contributed by atoms with van der Waals surface area (Å²) >= 11 is 0. The van der Waals surface area contributed by atoms with Crippen LogP contribution in [0.25, 0.3) is 10.9 Å². The summed E-state index contributed by atoms with van der Waals surface area (Å²) in [6.45, 7) is 0.496. The molecule has 2 aromatic carbocycles. The largest absolute Gasteiger partial charge is 0.497 e. The fourth-order valence-electron chi connectivity index (χ4n) is 2.21. The number of hydrogen-bond acceptors (Lipinski definition) is 3. The Labute approximate surface area is 134 Å². The van der Waals surface area contributed by atoms with Crippen molar-refractivity contribution in [2.75, 3.05) is 12.4 Å². The zero-order chi connectivity index (χ0) is 16.1. The lowest BCUT2D eigenvalue weighted by atomic mass is 10.2. The molecule has 0 aliphatic carbocycles. The Balaban J connectivity index is 1.67. The fourth-order valence-corrected chi connectivity index (χ4v) is 2.21. The second-order valence-corrected chi connectivity index (χ2v) is 5.06. The minimum Gasteiger partial charge on any atom is -0.497 e. The summed E-state index contributed by atoms with van der Waals surface area (Å²) in [7, 11) is 1.64. The van der Waals surface area contributed by atoms with Gasteiger partial charge in [-0.2, -0.15) is 0 Å². The van der Waals surface area contributed by atoms with Gasteiger partial charge in [0.25, 0.3) is 0 Å². The number of anilines is 1. The van der Waals surface area contributed by atoms with Crippen LogP contribution in [-0.2, 0) is 6.54 Å². The van der Waals surface area contributed by atoms with Crippen molar-refractivity contribution < 1.29 is 4.74 Å². The van der Waals surface area contributed by atoms with Gasteiger partial charge in [-0.25, -0.2) is 9.98 Å². The summed E-state index contributed by atoms with van der Waals surface area (Å²) in [6, 6.07) is 19.5. The van der Waals surface area contributed by atoms with Gasteiger partial charge >= 0.3 is 0 Å². The van der Waals surface area contributed by atoms with Gasteiger partial charge in [0.05, 0.1) is 19.2 Å². The highest BCUT2D eigenvalue weighted by Crippen LogP contribution is 2.14. The van der Waals surface area contributed by atoms with E-state index in [0.717, 1.165) is 22.2 Å². The predicted molar refractivity (Wildman–Crippen MR) is 93.7 cm³/mol. The van der Waals surface area contributed by atoms with Gasteiger partial charge in [0.15, 0.2) is 5.96 Å². The fraction of sp³-hybridized carbons (Fsp3) is 0.111. The van der Waals surface area contributed by atoms with Gasteiger partial charge in [-0.3, -0.25) is 0 Å². The van der Waals surface area contributed by atoms with Crippen LogP contribution in [-0.4, -0.2) is 18.1 Å². The second-order valence-electron chi connectivity index (χ2n) is 5.06. The number of aliphatic imine (C=N–C) groups is 1. The van der Waals surface area contributed by atoms with Crippen molar-refractivity contribution in [2.24, 2.45) is 10.7 Å². The van der Waals surface area contributed by atoms with E-state index in [4.69, 9.17) is 10.5 Å². The molecule has 5 nitrogen and oxygen atoms in total. The van der Waals surface area contributed by atoms with Crippen LogP contribution in [0.3, 0.4) is 0 Å². The zero-order valence-corrected chi connectivity index (χ0v) is 12.9. The van der Waals surface area contributed by atoms with Crippen LogP contribution < -0.4 is 15.8 Å². The topological polar surface area (TPSA) is 72.5 Å². The van der Waals surface area contributed by atoms with Crippen molar-refractivity contribution in [3.8, 4) is 5.75 Å². The number of pyridine rings is 1. The van der Waals surface area contributed by atoms with Crippen molar-refractivity contribution in [2.45, 2.75) is 6.54 Å². The average Bonchev–Trinajstić information content (AvgIpc) is 2.60. The van der Waals surface area contributed by atoms with Crippen LogP contribution in [0.2, 0.25) is 0 Å². The maximum Gasteiger partial charge on any atom is 0.194 e. The third-order valence-electron chi connectivity index (χ3n) is 3.45. The number of ether oxygens (including phenoxy) is 1. The molecule has 0 aliphatic heterocycles. The molecule has 0 radical (unpaired) electrons. The van der Waals surface area contributed by atoms with Crippen LogP contribution in [0.15, 0.2) is 65.7 Å². The number of guanidine groups is 1. The Hall–Kier alpha value is -3.08. The summed E-state index contributed by atoms with van der Waals surface area (Å²) in [5.74, 6) is 1.84. The lowest BCUT2D eigenvalue weighted by Gasteiger charge is -2.06.